The molecule has 0 aliphatic rings. The van der Waals surface area contributed by atoms with E-state index in [1.807, 2.05) is 48.6 Å². The fraction of sp³-hybridized carbons (Fsp3) is 0.125. The molecule has 2 heterocycles. The second kappa shape index (κ2) is 10.0. The maximum absolute atomic E-state index is 12.4. The molecular weight excluding hydrogens is 380 g/mol. The summed E-state index contributed by atoms with van der Waals surface area (Å²) in [5, 5.41) is 0. The van der Waals surface area contributed by atoms with Crippen LogP contribution < -0.4 is 0 Å². The number of benzene rings is 1. The molecule has 0 bridgehead atoms. The Morgan fingerprint density at radius 3 is 1.73 bits per heavy atom. The zero-order chi connectivity index (χ0) is 21.3. The molecule has 0 saturated carbocycles. The van der Waals surface area contributed by atoms with Crippen LogP contribution in [0.4, 0.5) is 0 Å². The second-order valence-corrected chi connectivity index (χ2v) is 6.24. The van der Waals surface area contributed by atoms with Gasteiger partial charge in [0.2, 0.25) is 0 Å². The normalized spacial score (nSPS) is 11.7. The van der Waals surface area contributed by atoms with Gasteiger partial charge in [0, 0.05) is 35.9 Å². The lowest BCUT2D eigenvalue weighted by molar-refractivity contribution is 0.0600. The van der Waals surface area contributed by atoms with Crippen molar-refractivity contribution >= 4 is 29.6 Å². The standard InChI is InChI=1S/C24H22N2O4/c1-28-22(14-17-6-10-25-11-7-17)19-4-5-20(24(27)30-3)21(16-19)23(29-2)15-18-8-12-26-13-9-18/h4-16H,1-3H3/b22-14+,23-15+. The van der Waals surface area contributed by atoms with Crippen LogP contribution in [0, 0.1) is 0 Å². The van der Waals surface area contributed by atoms with Crippen LogP contribution in [0.1, 0.15) is 32.6 Å². The predicted molar refractivity (Wildman–Crippen MR) is 116 cm³/mol. The largest absolute Gasteiger partial charge is 0.496 e. The number of rotatable bonds is 7. The molecule has 0 spiro atoms. The average molecular weight is 402 g/mol. The molecule has 3 aromatic rings. The summed E-state index contributed by atoms with van der Waals surface area (Å²) in [5.41, 5.74) is 3.61. The first kappa shape index (κ1) is 20.8. The number of carbonyl (C=O) groups is 1. The van der Waals surface area contributed by atoms with Crippen LogP contribution in [0.5, 0.6) is 0 Å². The van der Waals surface area contributed by atoms with Crippen LogP contribution in [-0.2, 0) is 14.2 Å². The molecule has 0 aliphatic carbocycles. The van der Waals surface area contributed by atoms with Crippen LogP contribution in [-0.4, -0.2) is 37.3 Å². The molecule has 6 nitrogen and oxygen atoms in total. The quantitative estimate of drug-likeness (QED) is 0.426. The average Bonchev–Trinajstić information content (AvgIpc) is 2.81. The van der Waals surface area contributed by atoms with Crippen molar-refractivity contribution in [1.82, 2.24) is 9.97 Å². The van der Waals surface area contributed by atoms with Crippen molar-refractivity contribution in [1.29, 1.82) is 0 Å². The van der Waals surface area contributed by atoms with Gasteiger partial charge in [-0.05, 0) is 59.7 Å². The lowest BCUT2D eigenvalue weighted by atomic mass is 9.99. The van der Waals surface area contributed by atoms with E-state index in [1.165, 1.54) is 7.11 Å². The van der Waals surface area contributed by atoms with Gasteiger partial charge in [0.1, 0.15) is 11.5 Å². The van der Waals surface area contributed by atoms with Gasteiger partial charge in [0.25, 0.3) is 0 Å². The molecule has 6 heteroatoms. The van der Waals surface area contributed by atoms with Gasteiger partial charge < -0.3 is 14.2 Å². The third-order valence-corrected chi connectivity index (χ3v) is 4.42. The first-order valence-corrected chi connectivity index (χ1v) is 9.20. The van der Waals surface area contributed by atoms with Crippen LogP contribution in [0.15, 0.2) is 67.3 Å². The maximum atomic E-state index is 12.4. The van der Waals surface area contributed by atoms with E-state index in [0.717, 1.165) is 16.7 Å². The molecule has 0 saturated heterocycles. The van der Waals surface area contributed by atoms with Gasteiger partial charge in [-0.15, -0.1) is 0 Å². The Bertz CT molecular complexity index is 1060. The number of methoxy groups -OCH3 is 3. The fourth-order valence-electron chi connectivity index (χ4n) is 2.92. The Morgan fingerprint density at radius 2 is 1.23 bits per heavy atom. The molecule has 0 aliphatic heterocycles. The lowest BCUT2D eigenvalue weighted by Gasteiger charge is -2.14. The highest BCUT2D eigenvalue weighted by molar-refractivity contribution is 5.97. The number of esters is 1. The summed E-state index contributed by atoms with van der Waals surface area (Å²) >= 11 is 0. The minimum atomic E-state index is -0.452. The van der Waals surface area contributed by atoms with E-state index in [4.69, 9.17) is 14.2 Å². The van der Waals surface area contributed by atoms with Crippen LogP contribution in [0.25, 0.3) is 23.7 Å². The predicted octanol–water partition coefficient (Wildman–Crippen LogP) is 4.55. The Morgan fingerprint density at radius 1 is 0.700 bits per heavy atom. The lowest BCUT2D eigenvalue weighted by Crippen LogP contribution is -2.07. The highest BCUT2D eigenvalue weighted by Gasteiger charge is 2.18. The summed E-state index contributed by atoms with van der Waals surface area (Å²) in [6, 6.07) is 12.8. The van der Waals surface area contributed by atoms with E-state index in [9.17, 15) is 4.79 Å². The molecule has 0 atom stereocenters. The van der Waals surface area contributed by atoms with E-state index in [2.05, 4.69) is 9.97 Å². The number of aromatic nitrogens is 2. The molecule has 0 unspecified atom stereocenters. The van der Waals surface area contributed by atoms with Crippen molar-refractivity contribution in [3.05, 3.63) is 95.1 Å². The van der Waals surface area contributed by atoms with E-state index < -0.39 is 5.97 Å². The number of nitrogens with zero attached hydrogens (tertiary/aromatic N) is 2. The zero-order valence-electron chi connectivity index (χ0n) is 17.0. The summed E-state index contributed by atoms with van der Waals surface area (Å²) in [5.74, 6) is 0.701. The topological polar surface area (TPSA) is 70.5 Å². The number of carbonyl (C=O) groups excluding carboxylic acids is 1. The molecule has 152 valence electrons. The van der Waals surface area contributed by atoms with Gasteiger partial charge in [-0.2, -0.15) is 0 Å². The SMILES string of the molecule is COC(=O)c1ccc(/C(=C\c2ccncc2)OC)cc1/C(=C\c1ccncc1)OC. The summed E-state index contributed by atoms with van der Waals surface area (Å²) in [6.07, 6.45) is 10.6. The molecule has 2 aromatic heterocycles. The van der Waals surface area contributed by atoms with Crippen molar-refractivity contribution in [2.24, 2.45) is 0 Å². The molecule has 0 amide bonds. The minimum Gasteiger partial charge on any atom is -0.496 e. The van der Waals surface area contributed by atoms with Crippen LogP contribution in [0.2, 0.25) is 0 Å². The highest BCUT2D eigenvalue weighted by Crippen LogP contribution is 2.28. The smallest absolute Gasteiger partial charge is 0.338 e. The van der Waals surface area contributed by atoms with Gasteiger partial charge in [-0.1, -0.05) is 6.07 Å². The Labute approximate surface area is 175 Å². The maximum Gasteiger partial charge on any atom is 0.338 e. The van der Waals surface area contributed by atoms with Gasteiger partial charge >= 0.3 is 5.97 Å². The summed E-state index contributed by atoms with van der Waals surface area (Å²) in [4.78, 5) is 20.4. The summed E-state index contributed by atoms with van der Waals surface area (Å²) < 4.78 is 16.2. The monoisotopic (exact) mass is 402 g/mol. The van der Waals surface area contributed by atoms with Gasteiger partial charge in [-0.3, -0.25) is 9.97 Å². The molecule has 3 rings (SSSR count). The molecule has 0 radical (unpaired) electrons. The molecule has 0 fully saturated rings. The van der Waals surface area contributed by atoms with E-state index in [0.29, 0.717) is 22.6 Å². The number of hydrogen-bond acceptors (Lipinski definition) is 6. The van der Waals surface area contributed by atoms with Crippen LogP contribution >= 0.6 is 0 Å². The Balaban J connectivity index is 2.13. The first-order valence-electron chi connectivity index (χ1n) is 9.20. The third-order valence-electron chi connectivity index (χ3n) is 4.42. The van der Waals surface area contributed by atoms with Crippen molar-refractivity contribution < 1.29 is 19.0 Å². The van der Waals surface area contributed by atoms with E-state index in [-0.39, 0.29) is 0 Å². The van der Waals surface area contributed by atoms with Crippen LogP contribution in [0.3, 0.4) is 0 Å². The van der Waals surface area contributed by atoms with Gasteiger partial charge in [-0.25, -0.2) is 4.79 Å². The number of ether oxygens (including phenoxy) is 3. The fourth-order valence-corrected chi connectivity index (χ4v) is 2.92. The highest BCUT2D eigenvalue weighted by atomic mass is 16.5. The number of hydrogen-bond donors (Lipinski definition) is 0. The second-order valence-electron chi connectivity index (χ2n) is 6.24. The Kier molecular flexibility index (Phi) is 6.95. The van der Waals surface area contributed by atoms with Gasteiger partial charge in [0.05, 0.1) is 26.9 Å². The number of pyridine rings is 2. The van der Waals surface area contributed by atoms with Crippen molar-refractivity contribution in [2.45, 2.75) is 0 Å². The van der Waals surface area contributed by atoms with E-state index in [1.54, 1.807) is 45.1 Å². The van der Waals surface area contributed by atoms with Gasteiger partial charge in [0.15, 0.2) is 0 Å². The third kappa shape index (κ3) is 4.91. The summed E-state index contributed by atoms with van der Waals surface area (Å²) in [6.45, 7) is 0. The van der Waals surface area contributed by atoms with Crippen molar-refractivity contribution in [3.63, 3.8) is 0 Å². The molecular formula is C24H22N2O4. The minimum absolute atomic E-state index is 0.391. The molecule has 30 heavy (non-hydrogen) atoms. The van der Waals surface area contributed by atoms with E-state index >= 15 is 0 Å². The summed E-state index contributed by atoms with van der Waals surface area (Å²) in [7, 11) is 4.51. The first-order chi connectivity index (χ1) is 14.7. The van der Waals surface area contributed by atoms with Crippen molar-refractivity contribution in [2.75, 3.05) is 21.3 Å². The van der Waals surface area contributed by atoms with Crippen molar-refractivity contribution in [3.8, 4) is 0 Å². The zero-order valence-corrected chi connectivity index (χ0v) is 17.0. The molecule has 1 aromatic carbocycles. The molecule has 0 N–H and O–H groups in total. The Hall–Kier alpha value is -3.93.